The van der Waals surface area contributed by atoms with Gasteiger partial charge in [-0.15, -0.1) is 11.6 Å². The molecule has 0 spiro atoms. The normalized spacial score (nSPS) is 18.3. The van der Waals surface area contributed by atoms with E-state index in [9.17, 15) is 12.8 Å². The van der Waals surface area contributed by atoms with Crippen molar-refractivity contribution in [3.63, 3.8) is 0 Å². The number of alkyl halides is 1. The smallest absolute Gasteiger partial charge is 0.243 e. The lowest BCUT2D eigenvalue weighted by Crippen LogP contribution is -2.44. The zero-order valence-corrected chi connectivity index (χ0v) is 13.8. The molecule has 1 aliphatic rings. The topological polar surface area (TPSA) is 40.6 Å². The first-order valence-corrected chi connectivity index (χ1v) is 8.84. The number of piperidine rings is 1. The lowest BCUT2D eigenvalue weighted by molar-refractivity contribution is 0.197. The molecule has 1 aromatic carbocycles. The van der Waals surface area contributed by atoms with E-state index in [1.807, 2.05) is 7.05 Å². The fourth-order valence-corrected chi connectivity index (χ4v) is 4.21. The standard InChI is InChI=1S/C14H20ClFN2O2S/c1-17-7-5-12(6-8-17)18(2)21(19,20)13-3-4-14(16)11(9-13)10-15/h3-4,9,12H,5-8,10H2,1-2H3. The van der Waals surface area contributed by atoms with Gasteiger partial charge in [-0.25, -0.2) is 12.8 Å². The first-order chi connectivity index (χ1) is 9.86. The number of likely N-dealkylation sites (tertiary alicyclic amines) is 1. The van der Waals surface area contributed by atoms with Gasteiger partial charge in [-0.1, -0.05) is 0 Å². The second kappa shape index (κ2) is 6.60. The van der Waals surface area contributed by atoms with Crippen LogP contribution in [0.3, 0.4) is 0 Å². The number of nitrogens with zero attached hydrogens (tertiary/aromatic N) is 2. The lowest BCUT2D eigenvalue weighted by Gasteiger charge is -2.34. The molecule has 0 unspecified atom stereocenters. The lowest BCUT2D eigenvalue weighted by atomic mass is 10.1. The summed E-state index contributed by atoms with van der Waals surface area (Å²) in [5.41, 5.74) is 0.203. The fourth-order valence-electron chi connectivity index (χ4n) is 2.54. The SMILES string of the molecule is CN1CCC(N(C)S(=O)(=O)c2ccc(F)c(CCl)c2)CC1. The van der Waals surface area contributed by atoms with E-state index in [0.29, 0.717) is 0 Å². The molecule has 0 saturated carbocycles. The third kappa shape index (κ3) is 3.56. The molecule has 2 rings (SSSR count). The van der Waals surface area contributed by atoms with Crippen molar-refractivity contribution in [2.45, 2.75) is 29.7 Å². The van der Waals surface area contributed by atoms with E-state index in [1.54, 1.807) is 7.05 Å². The van der Waals surface area contributed by atoms with Crippen LogP contribution in [0.5, 0.6) is 0 Å². The molecule has 0 aliphatic carbocycles. The minimum absolute atomic E-state index is 0.0179. The molecule has 0 N–H and O–H groups in total. The molecule has 118 valence electrons. The van der Waals surface area contributed by atoms with Gasteiger partial charge in [0.05, 0.1) is 10.8 Å². The minimum Gasteiger partial charge on any atom is -0.306 e. The van der Waals surface area contributed by atoms with Gasteiger partial charge in [0, 0.05) is 18.7 Å². The summed E-state index contributed by atoms with van der Waals surface area (Å²) in [6.45, 7) is 1.75. The molecule has 1 aromatic rings. The third-order valence-electron chi connectivity index (χ3n) is 4.04. The average molecular weight is 335 g/mol. The van der Waals surface area contributed by atoms with E-state index in [2.05, 4.69) is 4.90 Å². The van der Waals surface area contributed by atoms with Gasteiger partial charge in [-0.3, -0.25) is 0 Å². The predicted molar refractivity (Wildman–Crippen MR) is 81.4 cm³/mol. The summed E-state index contributed by atoms with van der Waals surface area (Å²) >= 11 is 5.64. The third-order valence-corrected chi connectivity index (χ3v) is 6.23. The fraction of sp³-hybridized carbons (Fsp3) is 0.571. The Hall–Kier alpha value is -0.690. The molecule has 1 saturated heterocycles. The van der Waals surface area contributed by atoms with Crippen LogP contribution in [0, 0.1) is 5.82 Å². The van der Waals surface area contributed by atoms with Crippen molar-refractivity contribution in [1.29, 1.82) is 0 Å². The van der Waals surface area contributed by atoms with Crippen LogP contribution in [0.4, 0.5) is 4.39 Å². The van der Waals surface area contributed by atoms with Gasteiger partial charge in [-0.2, -0.15) is 4.31 Å². The van der Waals surface area contributed by atoms with E-state index in [1.165, 1.54) is 16.4 Å². The minimum atomic E-state index is -3.62. The predicted octanol–water partition coefficient (Wildman–Crippen LogP) is 2.28. The van der Waals surface area contributed by atoms with Crippen LogP contribution in [-0.2, 0) is 15.9 Å². The quantitative estimate of drug-likeness (QED) is 0.793. The summed E-state index contributed by atoms with van der Waals surface area (Å²) in [5, 5.41) is 0. The Bertz CT molecular complexity index is 601. The van der Waals surface area contributed by atoms with Crippen LogP contribution in [0.15, 0.2) is 23.1 Å². The maximum absolute atomic E-state index is 13.5. The molecule has 1 heterocycles. The van der Waals surface area contributed by atoms with Crippen molar-refractivity contribution in [2.24, 2.45) is 0 Å². The van der Waals surface area contributed by atoms with Gasteiger partial charge in [0.15, 0.2) is 0 Å². The average Bonchev–Trinajstić information content (AvgIpc) is 2.47. The van der Waals surface area contributed by atoms with Crippen molar-refractivity contribution in [1.82, 2.24) is 9.21 Å². The molecule has 21 heavy (non-hydrogen) atoms. The molecule has 0 aromatic heterocycles. The number of halogens is 2. The second-order valence-electron chi connectivity index (χ2n) is 5.44. The highest BCUT2D eigenvalue weighted by Crippen LogP contribution is 2.24. The second-order valence-corrected chi connectivity index (χ2v) is 7.71. The van der Waals surface area contributed by atoms with Gasteiger partial charge in [0.2, 0.25) is 10.0 Å². The van der Waals surface area contributed by atoms with Crippen molar-refractivity contribution >= 4 is 21.6 Å². The van der Waals surface area contributed by atoms with E-state index in [0.717, 1.165) is 32.0 Å². The molecule has 0 bridgehead atoms. The molecule has 1 aliphatic heterocycles. The highest BCUT2D eigenvalue weighted by Gasteiger charge is 2.30. The zero-order chi connectivity index (χ0) is 15.6. The highest BCUT2D eigenvalue weighted by molar-refractivity contribution is 7.89. The number of benzene rings is 1. The van der Waals surface area contributed by atoms with Gasteiger partial charge in [0.25, 0.3) is 0 Å². The molecule has 4 nitrogen and oxygen atoms in total. The molecular weight excluding hydrogens is 315 g/mol. The zero-order valence-electron chi connectivity index (χ0n) is 12.2. The first kappa shape index (κ1) is 16.7. The highest BCUT2D eigenvalue weighted by atomic mass is 35.5. The van der Waals surface area contributed by atoms with E-state index < -0.39 is 15.8 Å². The van der Waals surface area contributed by atoms with E-state index >= 15 is 0 Å². The summed E-state index contributed by atoms with van der Waals surface area (Å²) in [5.74, 6) is -0.529. The molecular formula is C14H20ClFN2O2S. The van der Waals surface area contributed by atoms with Crippen LogP contribution < -0.4 is 0 Å². The van der Waals surface area contributed by atoms with Crippen molar-refractivity contribution in [3.05, 3.63) is 29.6 Å². The Morgan fingerprint density at radius 3 is 2.57 bits per heavy atom. The number of hydrogen-bond donors (Lipinski definition) is 0. The maximum atomic E-state index is 13.5. The largest absolute Gasteiger partial charge is 0.306 e. The van der Waals surface area contributed by atoms with Crippen molar-refractivity contribution < 1.29 is 12.8 Å². The summed E-state index contributed by atoms with van der Waals surface area (Å²) in [4.78, 5) is 2.28. The van der Waals surface area contributed by atoms with Gasteiger partial charge < -0.3 is 4.90 Å². The maximum Gasteiger partial charge on any atom is 0.243 e. The molecule has 0 radical (unpaired) electrons. The van der Waals surface area contributed by atoms with Crippen molar-refractivity contribution in [3.8, 4) is 0 Å². The van der Waals surface area contributed by atoms with Gasteiger partial charge >= 0.3 is 0 Å². The van der Waals surface area contributed by atoms with E-state index in [4.69, 9.17) is 11.6 Å². The number of rotatable bonds is 4. The summed E-state index contributed by atoms with van der Waals surface area (Å²) < 4.78 is 40.1. The summed E-state index contributed by atoms with van der Waals surface area (Å²) in [7, 11) is 0.00161. The molecule has 0 atom stereocenters. The Kier molecular flexibility index (Phi) is 5.24. The van der Waals surface area contributed by atoms with Crippen molar-refractivity contribution in [2.75, 3.05) is 27.2 Å². The Labute approximate surface area is 130 Å². The van der Waals surface area contributed by atoms with Crippen LogP contribution in [0.25, 0.3) is 0 Å². The van der Waals surface area contributed by atoms with Crippen LogP contribution in [0.2, 0.25) is 0 Å². The Morgan fingerprint density at radius 2 is 2.00 bits per heavy atom. The first-order valence-electron chi connectivity index (χ1n) is 6.87. The number of hydrogen-bond acceptors (Lipinski definition) is 3. The van der Waals surface area contributed by atoms with Crippen LogP contribution >= 0.6 is 11.6 Å². The monoisotopic (exact) mass is 334 g/mol. The van der Waals surface area contributed by atoms with E-state index in [-0.39, 0.29) is 22.4 Å². The van der Waals surface area contributed by atoms with Crippen LogP contribution in [-0.4, -0.2) is 50.8 Å². The Morgan fingerprint density at radius 1 is 1.38 bits per heavy atom. The summed E-state index contributed by atoms with van der Waals surface area (Å²) in [6.07, 6.45) is 1.60. The molecule has 1 fully saturated rings. The van der Waals surface area contributed by atoms with Gasteiger partial charge in [0.1, 0.15) is 5.82 Å². The number of sulfonamides is 1. The Balaban J connectivity index is 2.24. The van der Waals surface area contributed by atoms with Gasteiger partial charge in [-0.05, 0) is 51.2 Å². The molecule has 0 amide bonds. The van der Waals surface area contributed by atoms with Crippen LogP contribution in [0.1, 0.15) is 18.4 Å². The molecule has 7 heteroatoms. The summed E-state index contributed by atoms with van der Waals surface area (Å²) in [6, 6.07) is 3.76.